The number of rotatable bonds is 2. The second kappa shape index (κ2) is 4.73. The lowest BCUT2D eigenvalue weighted by molar-refractivity contribution is 0.328. The minimum Gasteiger partial charge on any atom is -0.309 e. The lowest BCUT2D eigenvalue weighted by Gasteiger charge is -2.30. The van der Waals surface area contributed by atoms with E-state index in [1.807, 2.05) is 29.2 Å². The van der Waals surface area contributed by atoms with Crippen LogP contribution in [0.3, 0.4) is 0 Å². The van der Waals surface area contributed by atoms with Crippen molar-refractivity contribution < 1.29 is 0 Å². The van der Waals surface area contributed by atoms with Crippen LogP contribution in [0.2, 0.25) is 5.02 Å². The van der Waals surface area contributed by atoms with Crippen molar-refractivity contribution in [1.82, 2.24) is 4.03 Å². The maximum atomic E-state index is 6.04. The number of anilines is 1. The normalized spacial score (nSPS) is 11.9. The summed E-state index contributed by atoms with van der Waals surface area (Å²) in [5, 5.41) is 0.773. The van der Waals surface area contributed by atoms with Crippen LogP contribution in [0.5, 0.6) is 0 Å². The molecule has 0 radical (unpaired) electrons. The van der Waals surface area contributed by atoms with E-state index in [2.05, 4.69) is 42.3 Å². The summed E-state index contributed by atoms with van der Waals surface area (Å²) < 4.78 is 1.88. The second-order valence-corrected chi connectivity index (χ2v) is 5.64. The van der Waals surface area contributed by atoms with E-state index in [0.717, 1.165) is 16.3 Å². The summed E-state index contributed by atoms with van der Waals surface area (Å²) >= 11 is 9.49. The molecular formula is C11H16BrClN2. The number of nitrogens with one attached hydrogen (secondary N) is 1. The molecule has 0 aliphatic carbocycles. The zero-order valence-electron chi connectivity index (χ0n) is 9.44. The predicted octanol–water partition coefficient (Wildman–Crippen LogP) is 4.39. The second-order valence-electron chi connectivity index (χ2n) is 4.53. The van der Waals surface area contributed by atoms with Crippen LogP contribution in [-0.2, 0) is 0 Å². The summed E-state index contributed by atoms with van der Waals surface area (Å²) in [4.78, 5) is 0. The Hall–Kier alpha value is -0.250. The largest absolute Gasteiger partial charge is 0.309 e. The van der Waals surface area contributed by atoms with Crippen LogP contribution in [0.25, 0.3) is 0 Å². The molecular weight excluding hydrogens is 275 g/mol. The van der Waals surface area contributed by atoms with E-state index in [0.29, 0.717) is 0 Å². The van der Waals surface area contributed by atoms with Crippen LogP contribution in [0, 0.1) is 6.92 Å². The summed E-state index contributed by atoms with van der Waals surface area (Å²) in [5.74, 6) is 0. The number of benzene rings is 1. The number of hydrogen-bond donors (Lipinski definition) is 1. The van der Waals surface area contributed by atoms with Crippen LogP contribution >= 0.6 is 27.7 Å². The summed E-state index contributed by atoms with van der Waals surface area (Å²) in [5.41, 5.74) is 5.27. The molecule has 0 heterocycles. The van der Waals surface area contributed by atoms with Gasteiger partial charge in [0.15, 0.2) is 0 Å². The molecule has 15 heavy (non-hydrogen) atoms. The molecule has 1 N–H and O–H groups in total. The Labute approximate surface area is 105 Å². The SMILES string of the molecule is Cc1ccc(NN(Br)C(C)(C)C)cc1Cl. The Morgan fingerprint density at radius 1 is 1.33 bits per heavy atom. The number of hydrazine groups is 1. The van der Waals surface area contributed by atoms with Gasteiger partial charge < -0.3 is 5.43 Å². The van der Waals surface area contributed by atoms with Crippen molar-refractivity contribution in [2.75, 3.05) is 5.43 Å². The van der Waals surface area contributed by atoms with Crippen molar-refractivity contribution in [1.29, 1.82) is 0 Å². The maximum absolute atomic E-state index is 6.04. The molecule has 2 nitrogen and oxygen atoms in total. The van der Waals surface area contributed by atoms with Gasteiger partial charge in [0.05, 0.1) is 5.69 Å². The summed E-state index contributed by atoms with van der Waals surface area (Å²) in [7, 11) is 0. The third kappa shape index (κ3) is 3.67. The Morgan fingerprint density at radius 2 is 1.93 bits per heavy atom. The molecule has 0 spiro atoms. The zero-order chi connectivity index (χ0) is 11.6. The fourth-order valence-corrected chi connectivity index (χ4v) is 1.33. The monoisotopic (exact) mass is 290 g/mol. The molecule has 0 bridgehead atoms. The quantitative estimate of drug-likeness (QED) is 0.642. The van der Waals surface area contributed by atoms with Gasteiger partial charge in [-0.05, 0) is 45.4 Å². The van der Waals surface area contributed by atoms with Crippen molar-refractivity contribution in [2.45, 2.75) is 33.2 Å². The standard InChI is InChI=1S/C11H16BrClN2/c1-8-5-6-9(7-10(8)13)14-15(12)11(2,3)4/h5-7,14H,1-4H3. The fourth-order valence-electron chi connectivity index (χ4n) is 0.943. The Kier molecular flexibility index (Phi) is 4.04. The first-order valence-corrected chi connectivity index (χ1v) is 5.88. The van der Waals surface area contributed by atoms with Crippen molar-refractivity contribution in [2.24, 2.45) is 0 Å². The van der Waals surface area contributed by atoms with Crippen LogP contribution in [0.15, 0.2) is 18.2 Å². The number of aryl methyl sites for hydroxylation is 1. The molecule has 0 saturated carbocycles. The van der Waals surface area contributed by atoms with Crippen molar-refractivity contribution in [3.05, 3.63) is 28.8 Å². The fraction of sp³-hybridized carbons (Fsp3) is 0.455. The van der Waals surface area contributed by atoms with E-state index >= 15 is 0 Å². The molecule has 84 valence electrons. The highest BCUT2D eigenvalue weighted by atomic mass is 79.9. The number of halogens is 2. The Bertz CT molecular complexity index is 347. The van der Waals surface area contributed by atoms with E-state index in [1.165, 1.54) is 0 Å². The van der Waals surface area contributed by atoms with Crippen molar-refractivity contribution in [3.63, 3.8) is 0 Å². The average Bonchev–Trinajstić information content (AvgIpc) is 2.10. The van der Waals surface area contributed by atoms with Crippen LogP contribution in [-0.4, -0.2) is 9.57 Å². The predicted molar refractivity (Wildman–Crippen MR) is 70.3 cm³/mol. The smallest absolute Gasteiger partial charge is 0.0514 e. The van der Waals surface area contributed by atoms with E-state index in [-0.39, 0.29) is 5.54 Å². The van der Waals surface area contributed by atoms with Crippen LogP contribution < -0.4 is 5.43 Å². The topological polar surface area (TPSA) is 15.3 Å². The maximum Gasteiger partial charge on any atom is 0.0514 e. The lowest BCUT2D eigenvalue weighted by Crippen LogP contribution is -2.37. The van der Waals surface area contributed by atoms with Gasteiger partial charge in [0.1, 0.15) is 0 Å². The van der Waals surface area contributed by atoms with Crippen molar-refractivity contribution in [3.8, 4) is 0 Å². The molecule has 0 aliphatic heterocycles. The molecule has 1 aromatic rings. The van der Waals surface area contributed by atoms with Gasteiger partial charge in [0, 0.05) is 26.7 Å². The van der Waals surface area contributed by atoms with E-state index in [1.54, 1.807) is 0 Å². The summed E-state index contributed by atoms with van der Waals surface area (Å²) in [6, 6.07) is 5.91. The summed E-state index contributed by atoms with van der Waals surface area (Å²) in [6.07, 6.45) is 0. The van der Waals surface area contributed by atoms with E-state index < -0.39 is 0 Å². The highest BCUT2D eigenvalue weighted by Gasteiger charge is 2.18. The number of hydrogen-bond acceptors (Lipinski definition) is 2. The molecule has 0 saturated heterocycles. The first kappa shape index (κ1) is 12.8. The van der Waals surface area contributed by atoms with Gasteiger partial charge in [0.2, 0.25) is 0 Å². The van der Waals surface area contributed by atoms with Gasteiger partial charge in [-0.3, -0.25) is 0 Å². The molecule has 1 aromatic carbocycles. The third-order valence-corrected chi connectivity index (χ3v) is 3.64. The van der Waals surface area contributed by atoms with Crippen LogP contribution in [0.1, 0.15) is 26.3 Å². The van der Waals surface area contributed by atoms with E-state index in [4.69, 9.17) is 11.6 Å². The van der Waals surface area contributed by atoms with Gasteiger partial charge in [-0.2, -0.15) is 4.03 Å². The number of nitrogens with zero attached hydrogens (tertiary/aromatic N) is 1. The summed E-state index contributed by atoms with van der Waals surface area (Å²) in [6.45, 7) is 8.29. The first-order chi connectivity index (χ1) is 6.80. The van der Waals surface area contributed by atoms with Gasteiger partial charge in [-0.15, -0.1) is 0 Å². The molecule has 0 aliphatic rings. The Morgan fingerprint density at radius 3 is 2.40 bits per heavy atom. The van der Waals surface area contributed by atoms with Gasteiger partial charge in [-0.25, -0.2) is 0 Å². The lowest BCUT2D eigenvalue weighted by atomic mass is 10.1. The third-order valence-electron chi connectivity index (χ3n) is 1.99. The zero-order valence-corrected chi connectivity index (χ0v) is 11.8. The van der Waals surface area contributed by atoms with Gasteiger partial charge in [0.25, 0.3) is 0 Å². The van der Waals surface area contributed by atoms with Crippen LogP contribution in [0.4, 0.5) is 5.69 Å². The highest BCUT2D eigenvalue weighted by Crippen LogP contribution is 2.24. The molecule has 0 fully saturated rings. The molecule has 4 heteroatoms. The van der Waals surface area contributed by atoms with Crippen molar-refractivity contribution >= 4 is 33.4 Å². The highest BCUT2D eigenvalue weighted by molar-refractivity contribution is 9.07. The van der Waals surface area contributed by atoms with Gasteiger partial charge >= 0.3 is 0 Å². The molecule has 0 atom stereocenters. The van der Waals surface area contributed by atoms with E-state index in [9.17, 15) is 0 Å². The molecule has 1 rings (SSSR count). The van der Waals surface area contributed by atoms with Gasteiger partial charge in [-0.1, -0.05) is 17.7 Å². The minimum atomic E-state index is -0.00262. The Balaban J connectivity index is 2.78. The average molecular weight is 292 g/mol. The first-order valence-electron chi connectivity index (χ1n) is 4.79. The molecule has 0 unspecified atom stereocenters. The molecule has 0 amide bonds. The minimum absolute atomic E-state index is 0.00262. The molecule has 0 aromatic heterocycles.